The summed E-state index contributed by atoms with van der Waals surface area (Å²) in [4.78, 5) is 12.2. The Hall–Kier alpha value is -1.85. The minimum atomic E-state index is -0.0435. The van der Waals surface area contributed by atoms with Gasteiger partial charge in [0, 0.05) is 37.9 Å². The molecule has 0 saturated carbocycles. The van der Waals surface area contributed by atoms with E-state index >= 15 is 0 Å². The number of nitrogens with zero attached hydrogens (tertiary/aromatic N) is 2. The van der Waals surface area contributed by atoms with Gasteiger partial charge in [-0.2, -0.15) is 5.10 Å². The normalized spacial score (nSPS) is 14.2. The van der Waals surface area contributed by atoms with Crippen molar-refractivity contribution in [2.45, 2.75) is 0 Å². The molecule has 1 saturated heterocycles. The fourth-order valence-corrected chi connectivity index (χ4v) is 2.10. The fourth-order valence-electron chi connectivity index (χ4n) is 2.10. The lowest BCUT2D eigenvalue weighted by Gasteiger charge is -2.27. The van der Waals surface area contributed by atoms with Gasteiger partial charge in [0.2, 0.25) is 0 Å². The Morgan fingerprint density at radius 2 is 2.15 bits per heavy atom. The van der Waals surface area contributed by atoms with Gasteiger partial charge in [0.05, 0.1) is 11.3 Å². The van der Waals surface area contributed by atoms with Crippen molar-refractivity contribution >= 4 is 18.3 Å². The molecule has 0 spiro atoms. The van der Waals surface area contributed by atoms with Gasteiger partial charge >= 0.3 is 0 Å². The molecule has 6 heteroatoms. The minimum absolute atomic E-state index is 0. The molecule has 5 nitrogen and oxygen atoms in total. The van der Waals surface area contributed by atoms with Gasteiger partial charge in [0.15, 0.2) is 0 Å². The summed E-state index contributed by atoms with van der Waals surface area (Å²) in [6, 6.07) is 9.34. The number of halogens is 1. The van der Waals surface area contributed by atoms with E-state index in [4.69, 9.17) is 0 Å². The molecule has 3 rings (SSSR count). The lowest BCUT2D eigenvalue weighted by molar-refractivity contribution is 0.0942. The first-order valence-electron chi connectivity index (χ1n) is 6.42. The van der Waals surface area contributed by atoms with Gasteiger partial charge in [-0.05, 0) is 18.2 Å². The molecule has 0 radical (unpaired) electrons. The van der Waals surface area contributed by atoms with Crippen molar-refractivity contribution in [2.24, 2.45) is 5.92 Å². The van der Waals surface area contributed by atoms with E-state index in [9.17, 15) is 4.79 Å². The molecule has 0 atom stereocenters. The number of hydrogen-bond acceptors (Lipinski definition) is 3. The molecule has 0 bridgehead atoms. The lowest BCUT2D eigenvalue weighted by atomic mass is 10.0. The summed E-state index contributed by atoms with van der Waals surface area (Å²) in [5.41, 5.74) is 1.45. The van der Waals surface area contributed by atoms with Crippen LogP contribution in [0.5, 0.6) is 0 Å². The van der Waals surface area contributed by atoms with Crippen LogP contribution in [0.2, 0.25) is 0 Å². The van der Waals surface area contributed by atoms with Crippen LogP contribution < -0.4 is 10.6 Å². The van der Waals surface area contributed by atoms with Gasteiger partial charge in [-0.25, -0.2) is 4.68 Å². The van der Waals surface area contributed by atoms with Crippen LogP contribution in [0.4, 0.5) is 0 Å². The summed E-state index contributed by atoms with van der Waals surface area (Å²) < 4.78 is 1.71. The Morgan fingerprint density at radius 1 is 1.35 bits per heavy atom. The van der Waals surface area contributed by atoms with Gasteiger partial charge in [-0.15, -0.1) is 12.4 Å². The Bertz CT molecular complexity index is 566. The summed E-state index contributed by atoms with van der Waals surface area (Å²) >= 11 is 0. The molecule has 0 unspecified atom stereocenters. The third kappa shape index (κ3) is 3.00. The van der Waals surface area contributed by atoms with Crippen molar-refractivity contribution in [3.8, 4) is 5.69 Å². The van der Waals surface area contributed by atoms with Crippen LogP contribution in [0, 0.1) is 5.92 Å². The van der Waals surface area contributed by atoms with Crippen molar-refractivity contribution in [2.75, 3.05) is 19.6 Å². The molecule has 1 aliphatic rings. The van der Waals surface area contributed by atoms with E-state index in [0.717, 1.165) is 25.3 Å². The molecule has 1 fully saturated rings. The molecular formula is C14H17ClN4O. The molecule has 2 N–H and O–H groups in total. The number of hydrogen-bond donors (Lipinski definition) is 2. The van der Waals surface area contributed by atoms with Gasteiger partial charge in [0.25, 0.3) is 5.91 Å². The Labute approximate surface area is 123 Å². The highest BCUT2D eigenvalue weighted by Gasteiger charge is 2.18. The number of amides is 1. The highest BCUT2D eigenvalue weighted by molar-refractivity contribution is 5.97. The van der Waals surface area contributed by atoms with Crippen LogP contribution >= 0.6 is 12.4 Å². The second kappa shape index (κ2) is 6.54. The lowest BCUT2D eigenvalue weighted by Crippen LogP contribution is -2.48. The van der Waals surface area contributed by atoms with E-state index in [0.29, 0.717) is 11.5 Å². The maximum absolute atomic E-state index is 12.2. The van der Waals surface area contributed by atoms with E-state index in [1.54, 1.807) is 10.9 Å². The van der Waals surface area contributed by atoms with Gasteiger partial charge in [-0.1, -0.05) is 12.1 Å². The summed E-state index contributed by atoms with van der Waals surface area (Å²) in [7, 11) is 0. The zero-order valence-electron chi connectivity index (χ0n) is 11.0. The molecule has 1 amide bonds. The molecule has 0 aliphatic carbocycles. The SMILES string of the molecule is Cl.O=C(NCC1CNC1)c1ccccc1-n1cccn1. The molecule has 1 aromatic carbocycles. The molecule has 2 heterocycles. The summed E-state index contributed by atoms with van der Waals surface area (Å²) in [6.07, 6.45) is 3.54. The first-order valence-corrected chi connectivity index (χ1v) is 6.42. The number of para-hydroxylation sites is 1. The van der Waals surface area contributed by atoms with E-state index < -0.39 is 0 Å². The number of aromatic nitrogens is 2. The quantitative estimate of drug-likeness (QED) is 0.891. The Balaban J connectivity index is 0.00000147. The van der Waals surface area contributed by atoms with Crippen LogP contribution in [-0.4, -0.2) is 35.3 Å². The van der Waals surface area contributed by atoms with E-state index in [2.05, 4.69) is 15.7 Å². The van der Waals surface area contributed by atoms with Crippen LogP contribution in [-0.2, 0) is 0 Å². The Kier molecular flexibility index (Phi) is 4.76. The van der Waals surface area contributed by atoms with Gasteiger partial charge in [0.1, 0.15) is 0 Å². The summed E-state index contributed by atoms with van der Waals surface area (Å²) in [6.45, 7) is 2.70. The highest BCUT2D eigenvalue weighted by atomic mass is 35.5. The van der Waals surface area contributed by atoms with Crippen molar-refractivity contribution < 1.29 is 4.79 Å². The first-order chi connectivity index (χ1) is 9.34. The molecule has 1 aliphatic heterocycles. The standard InChI is InChI=1S/C14H16N4O.ClH/c19-14(16-10-11-8-15-9-11)12-4-1-2-5-13(12)18-7-3-6-17-18;/h1-7,11,15H,8-10H2,(H,16,19);1H. The highest BCUT2D eigenvalue weighted by Crippen LogP contribution is 2.13. The van der Waals surface area contributed by atoms with Gasteiger partial charge in [-0.3, -0.25) is 4.79 Å². The molecule has 1 aromatic heterocycles. The zero-order valence-corrected chi connectivity index (χ0v) is 11.8. The number of carbonyl (C=O) groups is 1. The average Bonchev–Trinajstić information content (AvgIpc) is 2.90. The van der Waals surface area contributed by atoms with Crippen LogP contribution in [0.15, 0.2) is 42.7 Å². The van der Waals surface area contributed by atoms with E-state index in [-0.39, 0.29) is 18.3 Å². The first kappa shape index (κ1) is 14.6. The molecule has 20 heavy (non-hydrogen) atoms. The number of carbonyl (C=O) groups excluding carboxylic acids is 1. The predicted molar refractivity (Wildman–Crippen MR) is 79.5 cm³/mol. The van der Waals surface area contributed by atoms with E-state index in [1.165, 1.54) is 0 Å². The Morgan fingerprint density at radius 3 is 2.80 bits per heavy atom. The predicted octanol–water partition coefficient (Wildman–Crippen LogP) is 1.24. The largest absolute Gasteiger partial charge is 0.352 e. The number of rotatable bonds is 4. The van der Waals surface area contributed by atoms with Crippen molar-refractivity contribution in [1.29, 1.82) is 0 Å². The monoisotopic (exact) mass is 292 g/mol. The fraction of sp³-hybridized carbons (Fsp3) is 0.286. The second-order valence-electron chi connectivity index (χ2n) is 4.70. The summed E-state index contributed by atoms with van der Waals surface area (Å²) in [5.74, 6) is 0.513. The maximum atomic E-state index is 12.2. The molecule has 106 valence electrons. The van der Waals surface area contributed by atoms with Crippen molar-refractivity contribution in [3.05, 3.63) is 48.3 Å². The smallest absolute Gasteiger partial charge is 0.253 e. The molecular weight excluding hydrogens is 276 g/mol. The third-order valence-electron chi connectivity index (χ3n) is 3.32. The van der Waals surface area contributed by atoms with Gasteiger partial charge < -0.3 is 10.6 Å². The van der Waals surface area contributed by atoms with Crippen LogP contribution in [0.3, 0.4) is 0 Å². The molecule has 2 aromatic rings. The van der Waals surface area contributed by atoms with Crippen molar-refractivity contribution in [3.63, 3.8) is 0 Å². The number of benzene rings is 1. The van der Waals surface area contributed by atoms with Crippen molar-refractivity contribution in [1.82, 2.24) is 20.4 Å². The topological polar surface area (TPSA) is 59.0 Å². The third-order valence-corrected chi connectivity index (χ3v) is 3.32. The zero-order chi connectivity index (χ0) is 13.1. The minimum Gasteiger partial charge on any atom is -0.352 e. The van der Waals surface area contributed by atoms with Crippen LogP contribution in [0.1, 0.15) is 10.4 Å². The van der Waals surface area contributed by atoms with E-state index in [1.807, 2.05) is 36.5 Å². The number of nitrogens with one attached hydrogen (secondary N) is 2. The average molecular weight is 293 g/mol. The van der Waals surface area contributed by atoms with Crippen LogP contribution in [0.25, 0.3) is 5.69 Å². The summed E-state index contributed by atoms with van der Waals surface area (Å²) in [5, 5.41) is 10.4. The second-order valence-corrected chi connectivity index (χ2v) is 4.70. The maximum Gasteiger partial charge on any atom is 0.253 e.